The number of rotatable bonds is 4. The number of fused-ring (bicyclic) bond motifs is 1. The average molecular weight is 308 g/mol. The monoisotopic (exact) mass is 308 g/mol. The highest BCUT2D eigenvalue weighted by atomic mass is 16.1. The molecule has 0 saturated carbocycles. The highest BCUT2D eigenvalue weighted by Gasteiger charge is 2.09. The topological polar surface area (TPSA) is 70.7 Å². The number of carbonyl (C=O) groups is 1. The fourth-order valence-electron chi connectivity index (χ4n) is 2.47. The molecule has 118 valence electrons. The number of aryl methyl sites for hydroxylation is 1. The molecule has 1 aromatic carbocycles. The lowest BCUT2D eigenvalue weighted by Crippen LogP contribution is -2.14. The second-order valence-electron chi connectivity index (χ2n) is 6.04. The molecule has 0 spiro atoms. The Morgan fingerprint density at radius 3 is 2.83 bits per heavy atom. The van der Waals surface area contributed by atoms with Crippen LogP contribution >= 0.6 is 0 Å². The van der Waals surface area contributed by atoms with E-state index < -0.39 is 0 Å². The van der Waals surface area contributed by atoms with Crippen LogP contribution in [0.25, 0.3) is 11.0 Å². The van der Waals surface area contributed by atoms with Crippen molar-refractivity contribution in [3.63, 3.8) is 0 Å². The summed E-state index contributed by atoms with van der Waals surface area (Å²) >= 11 is 0. The smallest absolute Gasteiger partial charge is 0.228 e. The summed E-state index contributed by atoms with van der Waals surface area (Å²) in [6.07, 6.45) is 2.02. The van der Waals surface area contributed by atoms with Crippen LogP contribution in [0.1, 0.15) is 36.8 Å². The van der Waals surface area contributed by atoms with E-state index >= 15 is 0 Å². The normalized spacial score (nSPS) is 11.1. The van der Waals surface area contributed by atoms with E-state index in [0.717, 1.165) is 33.8 Å². The number of nitrogens with zero attached hydrogens (tertiary/aromatic N) is 2. The third kappa shape index (κ3) is 3.56. The molecule has 0 aliphatic carbocycles. The van der Waals surface area contributed by atoms with Gasteiger partial charge in [0.25, 0.3) is 0 Å². The molecule has 5 heteroatoms. The minimum absolute atomic E-state index is 0.0430. The highest BCUT2D eigenvalue weighted by molar-refractivity contribution is 5.92. The van der Waals surface area contributed by atoms with E-state index in [2.05, 4.69) is 34.1 Å². The molecule has 2 N–H and O–H groups in total. The second-order valence-corrected chi connectivity index (χ2v) is 6.04. The Labute approximate surface area is 135 Å². The Morgan fingerprint density at radius 2 is 2.09 bits per heavy atom. The van der Waals surface area contributed by atoms with E-state index in [9.17, 15) is 4.79 Å². The van der Waals surface area contributed by atoms with Gasteiger partial charge in [0, 0.05) is 23.5 Å². The minimum Gasteiger partial charge on any atom is -0.342 e. The van der Waals surface area contributed by atoms with Crippen LogP contribution in [0.3, 0.4) is 0 Å². The summed E-state index contributed by atoms with van der Waals surface area (Å²) in [5, 5.41) is 2.90. The predicted molar refractivity (Wildman–Crippen MR) is 91.5 cm³/mol. The van der Waals surface area contributed by atoms with Gasteiger partial charge in [-0.25, -0.2) is 4.98 Å². The summed E-state index contributed by atoms with van der Waals surface area (Å²) in [5.74, 6) is 1.27. The molecule has 23 heavy (non-hydrogen) atoms. The summed E-state index contributed by atoms with van der Waals surface area (Å²) < 4.78 is 0. The van der Waals surface area contributed by atoms with Crippen molar-refractivity contribution in [3.05, 3.63) is 53.6 Å². The maximum atomic E-state index is 12.2. The number of aromatic amines is 1. The second kappa shape index (κ2) is 6.20. The van der Waals surface area contributed by atoms with Crippen LogP contribution < -0.4 is 5.32 Å². The number of aromatic nitrogens is 3. The van der Waals surface area contributed by atoms with Crippen LogP contribution in [0.2, 0.25) is 0 Å². The number of H-pyrrole nitrogens is 1. The number of hydrogen-bond donors (Lipinski definition) is 2. The number of pyridine rings is 1. The molecule has 0 atom stereocenters. The lowest BCUT2D eigenvalue weighted by molar-refractivity contribution is -0.115. The van der Waals surface area contributed by atoms with Crippen molar-refractivity contribution >= 4 is 22.6 Å². The standard InChI is InChI=1S/C18H20N4O/c1-11(2)18-21-15-5-4-13(9-16(15)22-18)10-17(23)20-14-6-7-19-12(3)8-14/h4-9,11H,10H2,1-3H3,(H,21,22)(H,19,20,23). The van der Waals surface area contributed by atoms with Gasteiger partial charge in [0.2, 0.25) is 5.91 Å². The van der Waals surface area contributed by atoms with Crippen molar-refractivity contribution in [2.24, 2.45) is 0 Å². The van der Waals surface area contributed by atoms with E-state index in [0.29, 0.717) is 12.3 Å². The molecule has 0 saturated heterocycles. The summed E-state index contributed by atoms with van der Waals surface area (Å²) in [5.41, 5.74) is 4.51. The van der Waals surface area contributed by atoms with Crippen molar-refractivity contribution in [2.45, 2.75) is 33.1 Å². The van der Waals surface area contributed by atoms with Crippen LogP contribution in [0, 0.1) is 6.92 Å². The lowest BCUT2D eigenvalue weighted by atomic mass is 10.1. The molecule has 0 unspecified atom stereocenters. The largest absolute Gasteiger partial charge is 0.342 e. The first-order valence-electron chi connectivity index (χ1n) is 7.72. The summed E-state index contributed by atoms with van der Waals surface area (Å²) in [4.78, 5) is 24.2. The number of amides is 1. The number of benzene rings is 1. The van der Waals surface area contributed by atoms with E-state index in [-0.39, 0.29) is 5.91 Å². The fraction of sp³-hybridized carbons (Fsp3) is 0.278. The fourth-order valence-corrected chi connectivity index (χ4v) is 2.47. The van der Waals surface area contributed by atoms with Crippen molar-refractivity contribution in [1.29, 1.82) is 0 Å². The molecule has 0 bridgehead atoms. The molecule has 5 nitrogen and oxygen atoms in total. The van der Waals surface area contributed by atoms with Gasteiger partial charge in [-0.3, -0.25) is 9.78 Å². The third-order valence-corrected chi connectivity index (χ3v) is 3.66. The summed E-state index contributed by atoms with van der Waals surface area (Å²) in [6, 6.07) is 9.54. The molecular weight excluding hydrogens is 288 g/mol. The van der Waals surface area contributed by atoms with Crippen LogP contribution in [0.5, 0.6) is 0 Å². The first-order valence-corrected chi connectivity index (χ1v) is 7.72. The van der Waals surface area contributed by atoms with Gasteiger partial charge in [-0.1, -0.05) is 19.9 Å². The van der Waals surface area contributed by atoms with Gasteiger partial charge in [0.15, 0.2) is 0 Å². The summed E-state index contributed by atoms with van der Waals surface area (Å²) in [6.45, 7) is 6.10. The molecule has 3 rings (SSSR count). The van der Waals surface area contributed by atoms with Gasteiger partial charge >= 0.3 is 0 Å². The lowest BCUT2D eigenvalue weighted by Gasteiger charge is -2.06. The zero-order valence-corrected chi connectivity index (χ0v) is 13.6. The van der Waals surface area contributed by atoms with Crippen LogP contribution in [0.15, 0.2) is 36.5 Å². The number of nitrogens with one attached hydrogen (secondary N) is 2. The van der Waals surface area contributed by atoms with E-state index in [1.54, 1.807) is 12.3 Å². The molecule has 0 aliphatic heterocycles. The quantitative estimate of drug-likeness (QED) is 0.774. The van der Waals surface area contributed by atoms with E-state index in [4.69, 9.17) is 0 Å². The molecule has 0 aliphatic rings. The molecule has 0 radical (unpaired) electrons. The van der Waals surface area contributed by atoms with Gasteiger partial charge < -0.3 is 10.3 Å². The van der Waals surface area contributed by atoms with Gasteiger partial charge in [-0.2, -0.15) is 0 Å². The Kier molecular flexibility index (Phi) is 4.10. The Hall–Kier alpha value is -2.69. The Balaban J connectivity index is 1.74. The average Bonchev–Trinajstić information content (AvgIpc) is 2.90. The van der Waals surface area contributed by atoms with Gasteiger partial charge in [-0.15, -0.1) is 0 Å². The minimum atomic E-state index is -0.0430. The van der Waals surface area contributed by atoms with Gasteiger partial charge in [-0.05, 0) is 36.8 Å². The first kappa shape index (κ1) is 15.2. The van der Waals surface area contributed by atoms with Crippen LogP contribution in [-0.4, -0.2) is 20.9 Å². The zero-order chi connectivity index (χ0) is 16.4. The number of hydrogen-bond acceptors (Lipinski definition) is 3. The molecule has 0 fully saturated rings. The molecule has 2 aromatic heterocycles. The SMILES string of the molecule is Cc1cc(NC(=O)Cc2ccc3nc(C(C)C)[nH]c3c2)ccn1. The maximum Gasteiger partial charge on any atom is 0.228 e. The Morgan fingerprint density at radius 1 is 1.26 bits per heavy atom. The van der Waals surface area contributed by atoms with Gasteiger partial charge in [0.1, 0.15) is 5.82 Å². The van der Waals surface area contributed by atoms with Crippen molar-refractivity contribution in [3.8, 4) is 0 Å². The van der Waals surface area contributed by atoms with Crippen LogP contribution in [0.4, 0.5) is 5.69 Å². The first-order chi connectivity index (χ1) is 11.0. The van der Waals surface area contributed by atoms with E-state index in [1.807, 2.05) is 31.2 Å². The molecule has 1 amide bonds. The number of anilines is 1. The summed E-state index contributed by atoms with van der Waals surface area (Å²) in [7, 11) is 0. The van der Waals surface area contributed by atoms with E-state index in [1.165, 1.54) is 0 Å². The number of carbonyl (C=O) groups excluding carboxylic acids is 1. The maximum absolute atomic E-state index is 12.2. The molecular formula is C18H20N4O. The number of imidazole rings is 1. The van der Waals surface area contributed by atoms with Crippen molar-refractivity contribution in [2.75, 3.05) is 5.32 Å². The van der Waals surface area contributed by atoms with Crippen molar-refractivity contribution < 1.29 is 4.79 Å². The highest BCUT2D eigenvalue weighted by Crippen LogP contribution is 2.19. The zero-order valence-electron chi connectivity index (χ0n) is 13.6. The molecule has 3 aromatic rings. The van der Waals surface area contributed by atoms with Crippen molar-refractivity contribution in [1.82, 2.24) is 15.0 Å². The molecule has 2 heterocycles. The Bertz CT molecular complexity index is 851. The van der Waals surface area contributed by atoms with Gasteiger partial charge in [0.05, 0.1) is 17.5 Å². The predicted octanol–water partition coefficient (Wildman–Crippen LogP) is 3.57. The third-order valence-electron chi connectivity index (χ3n) is 3.66. The van der Waals surface area contributed by atoms with Crippen LogP contribution in [-0.2, 0) is 11.2 Å².